The zero-order valence-electron chi connectivity index (χ0n) is 17.4. The first-order valence-electron chi connectivity index (χ1n) is 10.2. The number of nitrogens with zero attached hydrogens (tertiary/aromatic N) is 2. The molecule has 1 aliphatic heterocycles. The summed E-state index contributed by atoms with van der Waals surface area (Å²) < 4.78 is 25.1. The number of aromatic amines is 1. The van der Waals surface area contributed by atoms with Crippen molar-refractivity contribution in [3.05, 3.63) is 75.8 Å². The highest BCUT2D eigenvalue weighted by molar-refractivity contribution is 5.80. The Morgan fingerprint density at radius 2 is 1.77 bits per heavy atom. The van der Waals surface area contributed by atoms with E-state index in [0.717, 1.165) is 16.9 Å². The van der Waals surface area contributed by atoms with Gasteiger partial charge in [0, 0.05) is 24.2 Å². The van der Waals surface area contributed by atoms with Crippen molar-refractivity contribution < 1.29 is 13.9 Å². The maximum absolute atomic E-state index is 13.3. The summed E-state index contributed by atoms with van der Waals surface area (Å²) in [6, 6.07) is 13.7. The molecule has 31 heavy (non-hydrogen) atoms. The van der Waals surface area contributed by atoms with Crippen molar-refractivity contribution >= 4 is 5.96 Å². The Balaban J connectivity index is 1.69. The summed E-state index contributed by atoms with van der Waals surface area (Å²) in [5.41, 5.74) is 2.79. The van der Waals surface area contributed by atoms with Crippen LogP contribution in [0.5, 0.6) is 5.75 Å². The van der Waals surface area contributed by atoms with Crippen LogP contribution in [0.4, 0.5) is 4.39 Å². The molecule has 0 spiro atoms. The molecule has 1 fully saturated rings. The zero-order chi connectivity index (χ0) is 21.8. The van der Waals surface area contributed by atoms with Gasteiger partial charge in [-0.1, -0.05) is 12.1 Å². The Labute approximate surface area is 179 Å². The Bertz CT molecular complexity index is 1100. The molecule has 8 heteroatoms. The maximum atomic E-state index is 13.3. The monoisotopic (exact) mass is 424 g/mol. The maximum Gasteiger partial charge on any atom is 0.277 e. The number of nitrogens with one attached hydrogen (secondary N) is 2. The summed E-state index contributed by atoms with van der Waals surface area (Å²) in [4.78, 5) is 15.1. The van der Waals surface area contributed by atoms with Crippen molar-refractivity contribution in [2.24, 2.45) is 0 Å². The van der Waals surface area contributed by atoms with Crippen LogP contribution in [0.2, 0.25) is 0 Å². The van der Waals surface area contributed by atoms with Gasteiger partial charge in [-0.05, 0) is 54.8 Å². The van der Waals surface area contributed by atoms with Crippen molar-refractivity contribution in [1.82, 2.24) is 14.7 Å². The molecule has 0 bridgehead atoms. The van der Waals surface area contributed by atoms with Gasteiger partial charge in [-0.3, -0.25) is 15.3 Å². The fraction of sp³-hybridized carbons (Fsp3) is 0.304. The lowest BCUT2D eigenvalue weighted by Gasteiger charge is -2.28. The van der Waals surface area contributed by atoms with E-state index in [1.165, 1.54) is 16.8 Å². The molecular formula is C23H25FN4O3. The molecule has 7 nitrogen and oxygen atoms in total. The predicted octanol–water partition coefficient (Wildman–Crippen LogP) is 2.89. The molecule has 3 aromatic rings. The summed E-state index contributed by atoms with van der Waals surface area (Å²) in [7, 11) is 1.60. The van der Waals surface area contributed by atoms with Crippen LogP contribution in [-0.2, 0) is 17.6 Å². The highest BCUT2D eigenvalue weighted by Crippen LogP contribution is 2.24. The van der Waals surface area contributed by atoms with Crippen LogP contribution in [0, 0.1) is 11.2 Å². The van der Waals surface area contributed by atoms with Crippen LogP contribution >= 0.6 is 0 Å². The standard InChI is InChI=1S/C23H25FN4O3/c1-30-19-9-5-17(6-10-19)21-20(11-4-16-2-7-18(24)8-3-16)22(29)28(26-21)23(25)27-12-14-31-15-13-27/h2-3,5-10,25-26H,4,11-15H2,1H3. The topological polar surface area (TPSA) is 83.3 Å². The molecule has 0 atom stereocenters. The smallest absolute Gasteiger partial charge is 0.277 e. The normalized spacial score (nSPS) is 13.9. The lowest BCUT2D eigenvalue weighted by atomic mass is 10.0. The van der Waals surface area contributed by atoms with Gasteiger partial charge in [-0.2, -0.15) is 4.68 Å². The van der Waals surface area contributed by atoms with Crippen molar-refractivity contribution in [3.63, 3.8) is 0 Å². The van der Waals surface area contributed by atoms with Crippen LogP contribution in [-0.4, -0.2) is 54.1 Å². The second kappa shape index (κ2) is 9.18. The molecule has 2 N–H and O–H groups in total. The van der Waals surface area contributed by atoms with E-state index in [1.54, 1.807) is 19.2 Å². The van der Waals surface area contributed by atoms with Crippen molar-refractivity contribution in [1.29, 1.82) is 5.41 Å². The number of aromatic nitrogens is 2. The van der Waals surface area contributed by atoms with Crippen molar-refractivity contribution in [2.45, 2.75) is 12.8 Å². The summed E-state index contributed by atoms with van der Waals surface area (Å²) in [5.74, 6) is 0.543. The summed E-state index contributed by atoms with van der Waals surface area (Å²) in [5, 5.41) is 11.7. The number of halogens is 1. The Kier molecular flexibility index (Phi) is 6.18. The van der Waals surface area contributed by atoms with E-state index in [0.29, 0.717) is 50.4 Å². The summed E-state index contributed by atoms with van der Waals surface area (Å²) >= 11 is 0. The Morgan fingerprint density at radius 3 is 2.42 bits per heavy atom. The van der Waals surface area contributed by atoms with Crippen LogP contribution < -0.4 is 10.3 Å². The molecule has 2 heterocycles. The summed E-state index contributed by atoms with van der Waals surface area (Å²) in [6.07, 6.45) is 1.05. The van der Waals surface area contributed by atoms with Gasteiger partial charge < -0.3 is 14.4 Å². The first kappa shape index (κ1) is 20.9. The predicted molar refractivity (Wildman–Crippen MR) is 116 cm³/mol. The van der Waals surface area contributed by atoms with Crippen molar-refractivity contribution in [2.75, 3.05) is 33.4 Å². The zero-order valence-corrected chi connectivity index (χ0v) is 17.4. The Morgan fingerprint density at radius 1 is 1.10 bits per heavy atom. The van der Waals surface area contributed by atoms with Gasteiger partial charge in [0.05, 0.1) is 26.0 Å². The van der Waals surface area contributed by atoms with Crippen molar-refractivity contribution in [3.8, 4) is 17.0 Å². The Hall–Kier alpha value is -3.39. The van der Waals surface area contributed by atoms with Gasteiger partial charge in [0.15, 0.2) is 0 Å². The number of rotatable bonds is 5. The minimum atomic E-state index is -0.286. The number of benzene rings is 2. The van der Waals surface area contributed by atoms with Gasteiger partial charge in [-0.15, -0.1) is 0 Å². The molecule has 0 amide bonds. The largest absolute Gasteiger partial charge is 0.497 e. The fourth-order valence-electron chi connectivity index (χ4n) is 3.69. The second-order valence-electron chi connectivity index (χ2n) is 7.38. The third-order valence-electron chi connectivity index (χ3n) is 5.46. The lowest BCUT2D eigenvalue weighted by molar-refractivity contribution is 0.0659. The number of ether oxygens (including phenoxy) is 2. The third kappa shape index (κ3) is 4.54. The second-order valence-corrected chi connectivity index (χ2v) is 7.38. The third-order valence-corrected chi connectivity index (χ3v) is 5.46. The number of hydrogen-bond acceptors (Lipinski definition) is 4. The molecule has 1 aromatic heterocycles. The molecule has 0 saturated carbocycles. The molecule has 0 radical (unpaired) electrons. The van der Waals surface area contributed by atoms with E-state index in [-0.39, 0.29) is 17.3 Å². The van der Waals surface area contributed by atoms with E-state index in [2.05, 4.69) is 5.10 Å². The molecule has 4 rings (SSSR count). The van der Waals surface area contributed by atoms with Gasteiger partial charge >= 0.3 is 0 Å². The van der Waals surface area contributed by atoms with E-state index >= 15 is 0 Å². The summed E-state index contributed by atoms with van der Waals surface area (Å²) in [6.45, 7) is 2.18. The quantitative estimate of drug-likeness (QED) is 0.487. The highest BCUT2D eigenvalue weighted by Gasteiger charge is 2.22. The van der Waals surface area contributed by atoms with E-state index in [9.17, 15) is 9.18 Å². The fourth-order valence-corrected chi connectivity index (χ4v) is 3.69. The van der Waals surface area contributed by atoms with Gasteiger partial charge in [-0.25, -0.2) is 4.39 Å². The number of H-pyrrole nitrogens is 1. The minimum Gasteiger partial charge on any atom is -0.497 e. The molecule has 1 aliphatic rings. The molecule has 0 aliphatic carbocycles. The van der Waals surface area contributed by atoms with E-state index < -0.39 is 0 Å². The minimum absolute atomic E-state index is 0.107. The van der Waals surface area contributed by atoms with E-state index in [1.807, 2.05) is 29.2 Å². The van der Waals surface area contributed by atoms with Crippen LogP contribution in [0.15, 0.2) is 53.3 Å². The first-order valence-corrected chi connectivity index (χ1v) is 10.2. The van der Waals surface area contributed by atoms with Gasteiger partial charge in [0.1, 0.15) is 11.6 Å². The number of morpholine rings is 1. The SMILES string of the molecule is COc1ccc(-c2[nH]n(C(=N)N3CCOCC3)c(=O)c2CCc2ccc(F)cc2)cc1. The van der Waals surface area contributed by atoms with Crippen LogP contribution in [0.3, 0.4) is 0 Å². The molecule has 0 unspecified atom stereocenters. The molecular weight excluding hydrogens is 399 g/mol. The number of methoxy groups -OCH3 is 1. The lowest BCUT2D eigenvalue weighted by Crippen LogP contribution is -2.46. The first-order chi connectivity index (χ1) is 15.1. The number of aryl methyl sites for hydroxylation is 1. The molecule has 162 valence electrons. The highest BCUT2D eigenvalue weighted by atomic mass is 19.1. The molecule has 1 saturated heterocycles. The average molecular weight is 424 g/mol. The average Bonchev–Trinajstić information content (AvgIpc) is 3.15. The van der Waals surface area contributed by atoms with Gasteiger partial charge in [0.2, 0.25) is 5.96 Å². The van der Waals surface area contributed by atoms with Crippen LogP contribution in [0.25, 0.3) is 11.3 Å². The van der Waals surface area contributed by atoms with Gasteiger partial charge in [0.25, 0.3) is 5.56 Å². The molecule has 2 aromatic carbocycles. The van der Waals surface area contributed by atoms with E-state index in [4.69, 9.17) is 14.9 Å². The number of hydrogen-bond donors (Lipinski definition) is 2. The van der Waals surface area contributed by atoms with Crippen LogP contribution in [0.1, 0.15) is 11.1 Å².